The van der Waals surface area contributed by atoms with Gasteiger partial charge < -0.3 is 80.6 Å². The fourth-order valence-corrected chi connectivity index (χ4v) is 27.6. The van der Waals surface area contributed by atoms with Crippen molar-refractivity contribution < 1.29 is 45.4 Å². The minimum absolute atomic E-state index is 0.0350. The average Bonchev–Trinajstić information content (AvgIpc) is 1.54. The standard InChI is InChI=1S/C28H32ClFN6O2S.C27H34BrClFN5S.C27H32BrClFN5.C20H30BrN3.C7H2Cl2N2O2S.CH4I/c1-33-10-12-34(13-11-33)8-3-9-35(27(39)32-24-15-22(29)23(30)16-26(24)36(37)38)25-6-7-28(17-21(25)28)20-5-2-4-19(14-20)18-31;1-33-10-12-34(13-11-33)8-3-9-35(26(36)32-24-15-21(29)22(30)16-23(24)31)25-6-7-27(17-20(25)27)18-4-2-5-19(28)14-18;1-33-10-12-34(13-11-33)8-3-9-35(26-31-23-15-21(29)22(30)16-24(23)32-26)25-6-7-27(17-20(25)27)18-4-2-5-19(28)14-18;1-23-10-12-24(13-11-23)9-3-8-22-19-6-7-20(15-18(19)20)16-4-2-5-17(21)14-16;8-4-1-6(10-3-14)7(11(12)13)2-5(4)9;1-2/h2,4-5,14-16,21,25H,3,6-13,17H2,1H3,(H,32,39);2,4-5,14-16,20,25H,3,6-13,17,31H2,1H3,(H,32,36);2,4-5,14-16,20,25H,3,6-13,17H2,1H3,(H,31,32);2,4-5,14,18-19,22H,3,6-13,15H2,1H3;1-2H;2H,1H3/q;;;;;-1/t21?,25-,28-;20?,25-,27-;20-,25-,27?;18?,19-,20-;;/m1111../s1/i;;;;;2D. The predicted octanol–water partition coefficient (Wildman–Crippen LogP) is 19.9. The van der Waals surface area contributed by atoms with Gasteiger partial charge in [-0.3, -0.25) is 20.2 Å². The van der Waals surface area contributed by atoms with Crippen molar-refractivity contribution in [2.75, 3.05) is 211 Å². The summed E-state index contributed by atoms with van der Waals surface area (Å²) in [7, 11) is 8.75. The van der Waals surface area contributed by atoms with Crippen LogP contribution in [0.3, 0.4) is 0 Å². The number of alkyl halides is 1. The first kappa shape index (κ1) is 114. The number of piperazine rings is 4. The number of nitro benzene ring substituents is 2. The first-order valence-corrected chi connectivity index (χ1v) is 59.7. The van der Waals surface area contributed by atoms with Gasteiger partial charge in [0.15, 0.2) is 15.9 Å². The number of nitrogens with two attached hydrogens (primary N) is 1. The first-order valence-electron chi connectivity index (χ1n) is 52.4. The van der Waals surface area contributed by atoms with Crippen molar-refractivity contribution in [1.82, 2.24) is 64.3 Å². The second-order valence-electron chi connectivity index (χ2n) is 42.4. The number of imidazole rings is 1. The number of nitriles is 1. The molecular weight excluding hydrogens is 2380 g/mol. The van der Waals surface area contributed by atoms with E-state index in [9.17, 15) is 38.7 Å². The molecule has 8 aromatic carbocycles. The van der Waals surface area contributed by atoms with E-state index < -0.39 is 33.0 Å². The fourth-order valence-electron chi connectivity index (χ4n) is 24.8. The number of nitrogens with one attached hydrogen (secondary N) is 4. The van der Waals surface area contributed by atoms with Crippen LogP contribution < -0.4 is 49.0 Å². The summed E-state index contributed by atoms with van der Waals surface area (Å²) in [4.78, 5) is 61.4. The molecule has 0 amide bonds. The van der Waals surface area contributed by atoms with Gasteiger partial charge in [0.25, 0.3) is 11.4 Å². The van der Waals surface area contributed by atoms with Gasteiger partial charge in [-0.05, 0) is 319 Å². The predicted molar refractivity (Wildman–Crippen MR) is 620 cm³/mol. The maximum absolute atomic E-state index is 14.1. The summed E-state index contributed by atoms with van der Waals surface area (Å²) >= 11 is 56.3. The van der Waals surface area contributed by atoms with Gasteiger partial charge in [0.05, 0.1) is 80.2 Å². The zero-order valence-corrected chi connectivity index (χ0v) is 98.5. The zero-order chi connectivity index (χ0) is 107. The summed E-state index contributed by atoms with van der Waals surface area (Å²) in [5, 5.41) is 45.1. The Morgan fingerprint density at radius 1 is 0.527 bits per heavy atom. The number of hydrogen-bond acceptors (Lipinski definition) is 21. The number of likely N-dealkylation sites (N-methyl/N-ethyl adjacent to an activating group) is 4. The van der Waals surface area contributed by atoms with Gasteiger partial charge in [-0.15, -0.1) is 0 Å². The molecule has 0 bridgehead atoms. The molecule has 1 aromatic heterocycles. The van der Waals surface area contributed by atoms with Gasteiger partial charge in [-0.2, -0.15) is 10.3 Å². The number of aromatic nitrogens is 2. The topological polar surface area (TPSA) is 249 Å². The monoisotopic (exact) mass is 2510 g/mol. The molecule has 150 heavy (non-hydrogen) atoms. The number of thiocarbonyl (C=S) groups is 3. The molecule has 12 fully saturated rings. The van der Waals surface area contributed by atoms with Crippen LogP contribution in [0, 0.1) is 72.7 Å². The first-order chi connectivity index (χ1) is 72.5. The molecule has 806 valence electrons. The van der Waals surface area contributed by atoms with Crippen LogP contribution in [0.25, 0.3) is 11.0 Å². The van der Waals surface area contributed by atoms with Crippen molar-refractivity contribution in [3.8, 4) is 6.07 Å². The number of fused-ring (bicyclic) bond motifs is 5. The van der Waals surface area contributed by atoms with Gasteiger partial charge in [-0.25, -0.2) is 18.2 Å². The van der Waals surface area contributed by atoms with E-state index in [2.05, 4.69) is 253 Å². The number of nitrogens with zero attached hydrogens (tertiary/aromatic N) is 16. The zero-order valence-electron chi connectivity index (χ0n) is 86.4. The quantitative estimate of drug-likeness (QED) is 0.00410. The van der Waals surface area contributed by atoms with Crippen LogP contribution in [0.2, 0.25) is 25.1 Å². The van der Waals surface area contributed by atoms with Gasteiger partial charge in [0.1, 0.15) is 23.1 Å². The Bertz CT molecular complexity index is 6350. The second-order valence-corrected chi connectivity index (χ2v) is 48.1. The molecule has 4 saturated heterocycles. The Morgan fingerprint density at radius 3 is 1.37 bits per heavy atom. The number of H-pyrrole nitrogens is 1. The van der Waals surface area contributed by atoms with Crippen LogP contribution in [0.15, 0.2) is 164 Å². The molecule has 25 nitrogen and oxygen atoms in total. The number of hydrogen-bond donors (Lipinski definition) is 5. The van der Waals surface area contributed by atoms with Crippen LogP contribution in [-0.2, 0) is 21.7 Å². The van der Waals surface area contributed by atoms with Crippen molar-refractivity contribution in [3.05, 3.63) is 250 Å². The van der Waals surface area contributed by atoms with Gasteiger partial charge in [-0.1, -0.05) is 154 Å². The number of aliphatic imine (C=N–C) groups is 1. The van der Waals surface area contributed by atoms with Crippen molar-refractivity contribution in [2.45, 2.75) is 149 Å². The van der Waals surface area contributed by atoms with Gasteiger partial charge in [0, 0.05) is 202 Å². The molecule has 40 heteroatoms. The van der Waals surface area contributed by atoms with E-state index in [1.165, 1.54) is 142 Å². The summed E-state index contributed by atoms with van der Waals surface area (Å²) in [5.74, 6) is 1.51. The third-order valence-corrected chi connectivity index (χ3v) is 37.3. The van der Waals surface area contributed by atoms with E-state index in [4.69, 9.17) is 93.8 Å². The van der Waals surface area contributed by atoms with E-state index in [0.717, 1.165) is 207 Å². The third kappa shape index (κ3) is 28.0. The fraction of sp³-hybridized carbons (Fsp3) is 0.518. The average molecular weight is 2510 g/mol. The number of aromatic amines is 1. The summed E-state index contributed by atoms with van der Waals surface area (Å²) in [5.41, 5.74) is 15.2. The molecule has 21 rings (SSSR count). The summed E-state index contributed by atoms with van der Waals surface area (Å²) in [6.07, 6.45) is 18.4. The molecule has 4 unspecified atom stereocenters. The van der Waals surface area contributed by atoms with Crippen LogP contribution in [0.5, 0.6) is 0 Å². The van der Waals surface area contributed by atoms with Gasteiger partial charge >= 0.3 is 27.9 Å². The van der Waals surface area contributed by atoms with Crippen molar-refractivity contribution in [2.24, 2.45) is 28.7 Å². The van der Waals surface area contributed by atoms with Crippen LogP contribution >= 0.6 is 142 Å². The summed E-state index contributed by atoms with van der Waals surface area (Å²) in [6, 6.07) is 48.8. The third-order valence-electron chi connectivity index (χ3n) is 33.5. The Hall–Kier alpha value is -6.65. The Morgan fingerprint density at radius 2 is 0.920 bits per heavy atom. The van der Waals surface area contributed by atoms with Crippen molar-refractivity contribution in [1.29, 1.82) is 5.86 Å². The van der Waals surface area contributed by atoms with E-state index in [-0.39, 0.29) is 86.9 Å². The molecule has 5 heterocycles. The molecule has 0 radical (unpaired) electrons. The Labute approximate surface area is 960 Å². The molecular formula is C110H134Br3Cl5F3IN21O4S3-. The van der Waals surface area contributed by atoms with Crippen molar-refractivity contribution in [3.63, 3.8) is 0 Å². The van der Waals surface area contributed by atoms with Gasteiger partial charge in [0.2, 0.25) is 5.95 Å². The Kier molecular flexibility index (Phi) is 39.8. The molecule has 6 N–H and O–H groups in total. The number of nitrogen functional groups attached to an aromatic ring is 1. The molecule has 8 aliphatic carbocycles. The minimum atomic E-state index is -0.845. The second kappa shape index (κ2) is 52.2. The van der Waals surface area contributed by atoms with Crippen LogP contribution in [0.1, 0.15) is 131 Å². The maximum atomic E-state index is 14.1. The van der Waals surface area contributed by atoms with Crippen molar-refractivity contribution >= 4 is 209 Å². The SMILES string of the molecule is CN1CCN(CCCN(C(=S)Nc2cc(Cl)c(F)cc2N)[C@@H]2CC[C@]3(c4cccc(Br)c4)CC23)CC1.CN1CCN(CCCN(C(=S)Nc2cc(Cl)c(F)cc2[N+](=O)[O-])[C@@H]2CC[C@]3(c4cccc(C#N)c4)CC23)CC1.CN1CCN(CCCN(c2nc3cc(Cl)c(F)cc3[nH]2)[C@@H]2CCC3(c4cccc(Br)c4)C[C@H]23)CC1.CN1CCN(CCCN[C@@H]2CC[C@]3(c4cccc(Br)c4)CC23)CC1.O=[N+]([O-])c1cc(Cl)c(Cl)cc1N=C=S.[2H][I-]C. The summed E-state index contributed by atoms with van der Waals surface area (Å²) in [6.45, 7) is 26.2. The number of anilines is 4. The van der Waals surface area contributed by atoms with E-state index in [0.29, 0.717) is 74.5 Å². The molecule has 12 aliphatic rings. The molecule has 4 aliphatic heterocycles. The van der Waals surface area contributed by atoms with Crippen LogP contribution in [0.4, 0.5) is 53.2 Å². The Balaban J connectivity index is 0.000000137. The number of benzene rings is 8. The molecule has 8 saturated carbocycles. The van der Waals surface area contributed by atoms with E-state index >= 15 is 0 Å². The number of halogens is 12. The number of nitro groups is 2. The number of rotatable bonds is 30. The summed E-state index contributed by atoms with van der Waals surface area (Å²) < 4.78 is 51.8. The van der Waals surface area contributed by atoms with Crippen LogP contribution in [-0.4, -0.2) is 299 Å². The molecule has 0 spiro atoms. The number of isothiocyanates is 1. The molecule has 9 aromatic rings. The van der Waals surface area contributed by atoms with E-state index in [1.54, 1.807) is 11.6 Å². The normalized spacial score (nSPS) is 25.3. The van der Waals surface area contributed by atoms with E-state index in [1.807, 2.05) is 28.3 Å². The molecule has 12 atom stereocenters.